The summed E-state index contributed by atoms with van der Waals surface area (Å²) in [5, 5.41) is 1.13. The molecule has 2 aromatic carbocycles. The Morgan fingerprint density at radius 1 is 1.08 bits per heavy atom. The van der Waals surface area contributed by atoms with E-state index in [1.807, 2.05) is 6.07 Å². The molecule has 0 spiro atoms. The normalized spacial score (nSPS) is 11.4. The minimum absolute atomic E-state index is 0.674. The number of halogens is 2. The van der Waals surface area contributed by atoms with Gasteiger partial charge in [-0.2, -0.15) is 0 Å². The largest absolute Gasteiger partial charge is 0.490 e. The molecule has 3 rings (SSSR count). The van der Waals surface area contributed by atoms with Crippen LogP contribution < -0.4 is 4.74 Å². The minimum atomic E-state index is 0.674. The third-order valence-electron chi connectivity index (χ3n) is 3.90. The van der Waals surface area contributed by atoms with Gasteiger partial charge in [0.05, 0.1) is 5.52 Å². The molecule has 126 valence electrons. The maximum Gasteiger partial charge on any atom is 0.144 e. The average molecular weight is 452 g/mol. The van der Waals surface area contributed by atoms with E-state index in [0.29, 0.717) is 6.61 Å². The number of nitrogens with zero attached hydrogens (tertiary/aromatic N) is 2. The number of hydrogen-bond acceptors (Lipinski definition) is 2. The summed E-state index contributed by atoms with van der Waals surface area (Å²) in [7, 11) is 4.10. The first-order chi connectivity index (χ1) is 11.5. The summed E-state index contributed by atoms with van der Waals surface area (Å²) in [6.45, 7) is 2.37. The molecule has 3 aromatic rings. The number of benzene rings is 2. The Balaban J connectivity index is 1.94. The first-order valence-electron chi connectivity index (χ1n) is 7.84. The van der Waals surface area contributed by atoms with E-state index in [-0.39, 0.29) is 0 Å². The Morgan fingerprint density at radius 3 is 2.62 bits per heavy atom. The smallest absolute Gasteiger partial charge is 0.144 e. The third-order valence-corrected chi connectivity index (χ3v) is 5.17. The average Bonchev–Trinajstić information content (AvgIpc) is 2.86. The molecule has 0 radical (unpaired) electrons. The van der Waals surface area contributed by atoms with Gasteiger partial charge in [-0.1, -0.05) is 50.1 Å². The van der Waals surface area contributed by atoms with E-state index in [9.17, 15) is 0 Å². The summed E-state index contributed by atoms with van der Waals surface area (Å²) in [5.41, 5.74) is 2.42. The van der Waals surface area contributed by atoms with Crippen LogP contribution in [0.2, 0.25) is 0 Å². The molecule has 0 amide bonds. The lowest BCUT2D eigenvalue weighted by Crippen LogP contribution is -2.19. The summed E-state index contributed by atoms with van der Waals surface area (Å²) in [6, 6.07) is 14.6. The van der Waals surface area contributed by atoms with Gasteiger partial charge in [0.25, 0.3) is 0 Å². The van der Waals surface area contributed by atoms with Crippen molar-refractivity contribution in [3.05, 3.63) is 63.2 Å². The summed E-state index contributed by atoms with van der Waals surface area (Å²) < 4.78 is 10.5. The van der Waals surface area contributed by atoms with Crippen LogP contribution >= 0.6 is 31.9 Å². The van der Waals surface area contributed by atoms with E-state index in [4.69, 9.17) is 4.74 Å². The van der Waals surface area contributed by atoms with E-state index in [1.165, 1.54) is 11.1 Å². The van der Waals surface area contributed by atoms with Crippen LogP contribution in [-0.4, -0.2) is 36.7 Å². The first kappa shape index (κ1) is 17.5. The Kier molecular flexibility index (Phi) is 5.64. The highest BCUT2D eigenvalue weighted by Crippen LogP contribution is 2.32. The molecule has 0 N–H and O–H groups in total. The second-order valence-corrected chi connectivity index (χ2v) is 7.80. The number of ether oxygens (including phenoxy) is 1. The number of fused-ring (bicyclic) bond motifs is 1. The maximum atomic E-state index is 6.04. The fourth-order valence-electron chi connectivity index (χ4n) is 2.63. The summed E-state index contributed by atoms with van der Waals surface area (Å²) in [6.07, 6.45) is 2.10. The fourth-order valence-corrected chi connectivity index (χ4v) is 3.40. The first-order valence-corrected chi connectivity index (χ1v) is 9.42. The Bertz CT molecular complexity index is 842. The number of aromatic nitrogens is 1. The monoisotopic (exact) mass is 450 g/mol. The zero-order chi connectivity index (χ0) is 17.1. The van der Waals surface area contributed by atoms with E-state index < -0.39 is 0 Å². The van der Waals surface area contributed by atoms with Crippen LogP contribution in [0, 0.1) is 0 Å². The van der Waals surface area contributed by atoms with Crippen molar-refractivity contribution < 1.29 is 4.74 Å². The van der Waals surface area contributed by atoms with Crippen molar-refractivity contribution in [3.8, 4) is 5.75 Å². The van der Waals surface area contributed by atoms with Gasteiger partial charge in [-0.3, -0.25) is 0 Å². The van der Waals surface area contributed by atoms with Gasteiger partial charge in [-0.15, -0.1) is 0 Å². The van der Waals surface area contributed by atoms with Crippen molar-refractivity contribution in [2.45, 2.75) is 6.54 Å². The van der Waals surface area contributed by atoms with Gasteiger partial charge in [0, 0.05) is 33.6 Å². The molecule has 0 aliphatic heterocycles. The Morgan fingerprint density at radius 2 is 1.88 bits per heavy atom. The molecule has 5 heteroatoms. The molecule has 0 aliphatic carbocycles. The van der Waals surface area contributed by atoms with E-state index in [2.05, 4.69) is 98.0 Å². The Labute approximate surface area is 159 Å². The van der Waals surface area contributed by atoms with Crippen LogP contribution in [-0.2, 0) is 6.54 Å². The predicted molar refractivity (Wildman–Crippen MR) is 107 cm³/mol. The molecule has 24 heavy (non-hydrogen) atoms. The molecule has 0 bridgehead atoms. The highest BCUT2D eigenvalue weighted by molar-refractivity contribution is 9.10. The molecule has 1 heterocycles. The molecule has 1 aromatic heterocycles. The highest BCUT2D eigenvalue weighted by Gasteiger charge is 2.11. The van der Waals surface area contributed by atoms with Crippen LogP contribution in [0.3, 0.4) is 0 Å². The molecule has 0 unspecified atom stereocenters. The van der Waals surface area contributed by atoms with Crippen LogP contribution in [0.25, 0.3) is 10.9 Å². The van der Waals surface area contributed by atoms with Crippen LogP contribution in [0.4, 0.5) is 0 Å². The molecule has 0 atom stereocenters. The van der Waals surface area contributed by atoms with E-state index in [0.717, 1.165) is 33.2 Å². The van der Waals surface area contributed by atoms with Gasteiger partial charge in [0.2, 0.25) is 0 Å². The molecule has 0 saturated heterocycles. The van der Waals surface area contributed by atoms with Crippen molar-refractivity contribution in [2.24, 2.45) is 0 Å². The van der Waals surface area contributed by atoms with E-state index in [1.54, 1.807) is 0 Å². The number of hydrogen-bond donors (Lipinski definition) is 0. The van der Waals surface area contributed by atoms with Crippen LogP contribution in [0.15, 0.2) is 57.6 Å². The zero-order valence-electron chi connectivity index (χ0n) is 13.8. The van der Waals surface area contributed by atoms with Crippen LogP contribution in [0.5, 0.6) is 5.75 Å². The van der Waals surface area contributed by atoms with Gasteiger partial charge in [-0.25, -0.2) is 0 Å². The molecule has 0 fully saturated rings. The number of rotatable bonds is 6. The lowest BCUT2D eigenvalue weighted by Gasteiger charge is -2.10. The van der Waals surface area contributed by atoms with Crippen molar-refractivity contribution >= 4 is 42.8 Å². The SMILES string of the molecule is CN(C)CCOc1cn(Cc2ccccc2Br)c2ccc(Br)cc12. The van der Waals surface area contributed by atoms with Gasteiger partial charge in [0.1, 0.15) is 12.4 Å². The molecular weight excluding hydrogens is 432 g/mol. The maximum absolute atomic E-state index is 6.04. The quantitative estimate of drug-likeness (QED) is 0.515. The minimum Gasteiger partial charge on any atom is -0.490 e. The highest BCUT2D eigenvalue weighted by atomic mass is 79.9. The lowest BCUT2D eigenvalue weighted by molar-refractivity contribution is 0.263. The third kappa shape index (κ3) is 4.02. The second-order valence-electron chi connectivity index (χ2n) is 6.03. The van der Waals surface area contributed by atoms with Crippen molar-refractivity contribution in [1.82, 2.24) is 9.47 Å². The fraction of sp³-hybridized carbons (Fsp3) is 0.263. The van der Waals surface area contributed by atoms with Crippen molar-refractivity contribution in [1.29, 1.82) is 0 Å². The van der Waals surface area contributed by atoms with E-state index >= 15 is 0 Å². The predicted octanol–water partition coefficient (Wildman–Crippen LogP) is 5.16. The molecular formula is C19H20Br2N2O. The topological polar surface area (TPSA) is 17.4 Å². The van der Waals surface area contributed by atoms with Crippen molar-refractivity contribution in [2.75, 3.05) is 27.2 Å². The summed E-state index contributed by atoms with van der Waals surface area (Å²) in [5.74, 6) is 0.931. The molecule has 3 nitrogen and oxygen atoms in total. The zero-order valence-corrected chi connectivity index (χ0v) is 17.0. The summed E-state index contributed by atoms with van der Waals surface area (Å²) in [4.78, 5) is 2.12. The Hall–Kier alpha value is -1.30. The van der Waals surface area contributed by atoms with Gasteiger partial charge >= 0.3 is 0 Å². The number of likely N-dealkylation sites (N-methyl/N-ethyl adjacent to an activating group) is 1. The van der Waals surface area contributed by atoms with Crippen LogP contribution in [0.1, 0.15) is 5.56 Å². The van der Waals surface area contributed by atoms with Gasteiger partial charge < -0.3 is 14.2 Å². The van der Waals surface area contributed by atoms with Gasteiger partial charge in [-0.05, 0) is 43.9 Å². The van der Waals surface area contributed by atoms with Gasteiger partial charge in [0.15, 0.2) is 0 Å². The standard InChI is InChI=1S/C19H20Br2N2O/c1-22(2)9-10-24-19-13-23(12-14-5-3-4-6-17(14)21)18-8-7-15(20)11-16(18)19/h3-8,11,13H,9-10,12H2,1-2H3. The second kappa shape index (κ2) is 7.72. The lowest BCUT2D eigenvalue weighted by atomic mass is 10.2. The van der Waals surface area contributed by atoms with Crippen molar-refractivity contribution in [3.63, 3.8) is 0 Å². The molecule has 0 saturated carbocycles. The molecule has 0 aliphatic rings. The summed E-state index contributed by atoms with van der Waals surface area (Å²) >= 11 is 7.20.